The number of carbonyl (C=O) groups excluding carboxylic acids is 1. The summed E-state index contributed by atoms with van der Waals surface area (Å²) in [7, 11) is 1.59. The number of ether oxygens (including phenoxy) is 1. The molecule has 0 aromatic heterocycles. The van der Waals surface area contributed by atoms with Crippen molar-refractivity contribution in [2.24, 2.45) is 16.8 Å². The fourth-order valence-electron chi connectivity index (χ4n) is 1.60. The number of hydrogen-bond donors (Lipinski definition) is 2. The number of carbonyl (C=O) groups is 1. The Balaban J connectivity index is 4.66. The first-order chi connectivity index (χ1) is 8.12. The zero-order valence-electron chi connectivity index (χ0n) is 10.8. The molecule has 100 valence electrons. The Morgan fingerprint density at radius 3 is 2.59 bits per heavy atom. The van der Waals surface area contributed by atoms with E-state index in [0.717, 1.165) is 6.42 Å². The molecule has 1 amide bonds. The second kappa shape index (κ2) is 8.81. The van der Waals surface area contributed by atoms with Crippen LogP contribution < -0.4 is 5.73 Å². The first kappa shape index (κ1) is 15.7. The Hall–Kier alpha value is -1.30. The molecule has 3 N–H and O–H groups in total. The van der Waals surface area contributed by atoms with Crippen LogP contribution >= 0.6 is 0 Å². The molecule has 0 aromatic rings. The predicted octanol–water partition coefficient (Wildman–Crippen LogP) is 0.644. The molecule has 0 spiro atoms. The smallest absolute Gasteiger partial charge is 0.233 e. The highest BCUT2D eigenvalue weighted by Crippen LogP contribution is 2.11. The number of nitrogens with zero attached hydrogens (tertiary/aromatic N) is 2. The molecule has 0 heterocycles. The molecule has 0 aromatic carbocycles. The Morgan fingerprint density at radius 2 is 2.18 bits per heavy atom. The topological polar surface area (TPSA) is 88.2 Å². The third-order valence-electron chi connectivity index (χ3n) is 2.61. The number of hydrogen-bond acceptors (Lipinski definition) is 4. The second-order valence-corrected chi connectivity index (χ2v) is 3.78. The van der Waals surface area contributed by atoms with Gasteiger partial charge in [0.25, 0.3) is 0 Å². The quantitative estimate of drug-likeness (QED) is 0.284. The van der Waals surface area contributed by atoms with Crippen LogP contribution in [0.1, 0.15) is 26.7 Å². The van der Waals surface area contributed by atoms with Crippen molar-refractivity contribution in [3.63, 3.8) is 0 Å². The minimum atomic E-state index is -0.540. The predicted molar refractivity (Wildman–Crippen MR) is 65.9 cm³/mol. The Kier molecular flexibility index (Phi) is 8.13. The SMILES string of the molecule is CCCC(C(=O)N(CC)CCOC)C(N)=NO. The lowest BCUT2D eigenvalue weighted by molar-refractivity contribution is -0.134. The van der Waals surface area contributed by atoms with E-state index in [4.69, 9.17) is 15.7 Å². The third-order valence-corrected chi connectivity index (χ3v) is 2.61. The van der Waals surface area contributed by atoms with Crippen molar-refractivity contribution in [2.45, 2.75) is 26.7 Å². The van der Waals surface area contributed by atoms with Crippen LogP contribution in [0.25, 0.3) is 0 Å². The molecule has 0 saturated carbocycles. The van der Waals surface area contributed by atoms with Gasteiger partial charge in [0, 0.05) is 20.2 Å². The normalized spacial score (nSPS) is 13.5. The molecule has 0 bridgehead atoms. The summed E-state index contributed by atoms with van der Waals surface area (Å²) in [5.74, 6) is -0.670. The van der Waals surface area contributed by atoms with E-state index in [-0.39, 0.29) is 11.7 Å². The largest absolute Gasteiger partial charge is 0.409 e. The van der Waals surface area contributed by atoms with Crippen LogP contribution in [0.5, 0.6) is 0 Å². The Labute approximate surface area is 102 Å². The third kappa shape index (κ3) is 5.04. The summed E-state index contributed by atoms with van der Waals surface area (Å²) in [6.45, 7) is 5.43. The fourth-order valence-corrected chi connectivity index (χ4v) is 1.60. The molecule has 6 nitrogen and oxygen atoms in total. The molecule has 17 heavy (non-hydrogen) atoms. The summed E-state index contributed by atoms with van der Waals surface area (Å²) >= 11 is 0. The summed E-state index contributed by atoms with van der Waals surface area (Å²) < 4.78 is 4.95. The maximum absolute atomic E-state index is 12.2. The van der Waals surface area contributed by atoms with Crippen molar-refractivity contribution in [3.05, 3.63) is 0 Å². The van der Waals surface area contributed by atoms with Crippen LogP contribution in [0.3, 0.4) is 0 Å². The van der Waals surface area contributed by atoms with E-state index in [1.807, 2.05) is 13.8 Å². The fraction of sp³-hybridized carbons (Fsp3) is 0.818. The number of likely N-dealkylation sites (N-methyl/N-ethyl adjacent to an activating group) is 1. The number of oxime groups is 1. The van der Waals surface area contributed by atoms with Gasteiger partial charge in [-0.3, -0.25) is 4.79 Å². The molecule has 0 radical (unpaired) electrons. The molecule has 6 heteroatoms. The first-order valence-electron chi connectivity index (χ1n) is 5.87. The van der Waals surface area contributed by atoms with E-state index in [1.165, 1.54) is 0 Å². The van der Waals surface area contributed by atoms with E-state index in [0.29, 0.717) is 26.1 Å². The maximum atomic E-state index is 12.2. The lowest BCUT2D eigenvalue weighted by Crippen LogP contribution is -2.43. The van der Waals surface area contributed by atoms with Gasteiger partial charge in [0.05, 0.1) is 12.5 Å². The molecule has 0 rings (SSSR count). The molecule has 1 unspecified atom stereocenters. The molecular formula is C11H23N3O3. The average molecular weight is 245 g/mol. The van der Waals surface area contributed by atoms with E-state index in [9.17, 15) is 4.79 Å². The number of rotatable bonds is 8. The molecule has 0 aliphatic carbocycles. The summed E-state index contributed by atoms with van der Waals surface area (Å²) in [4.78, 5) is 13.8. The minimum absolute atomic E-state index is 0.0206. The molecule has 0 fully saturated rings. The Morgan fingerprint density at radius 1 is 1.53 bits per heavy atom. The van der Waals surface area contributed by atoms with E-state index in [1.54, 1.807) is 12.0 Å². The van der Waals surface area contributed by atoms with Crippen molar-refractivity contribution in [1.82, 2.24) is 4.90 Å². The van der Waals surface area contributed by atoms with Gasteiger partial charge in [0.2, 0.25) is 5.91 Å². The van der Waals surface area contributed by atoms with E-state index in [2.05, 4.69) is 5.16 Å². The van der Waals surface area contributed by atoms with Crippen molar-refractivity contribution in [1.29, 1.82) is 0 Å². The summed E-state index contributed by atoms with van der Waals surface area (Å²) in [6, 6.07) is 0. The first-order valence-corrected chi connectivity index (χ1v) is 5.87. The van der Waals surface area contributed by atoms with Gasteiger partial charge in [-0.1, -0.05) is 18.5 Å². The monoisotopic (exact) mass is 245 g/mol. The van der Waals surface area contributed by atoms with Gasteiger partial charge in [-0.15, -0.1) is 0 Å². The van der Waals surface area contributed by atoms with Crippen LogP contribution in [0.4, 0.5) is 0 Å². The molecule has 0 aliphatic rings. The zero-order chi connectivity index (χ0) is 13.3. The van der Waals surface area contributed by atoms with E-state index < -0.39 is 5.92 Å². The van der Waals surface area contributed by atoms with Crippen LogP contribution in [0.15, 0.2) is 5.16 Å². The van der Waals surface area contributed by atoms with Gasteiger partial charge in [-0.2, -0.15) is 0 Å². The average Bonchev–Trinajstić information content (AvgIpc) is 2.35. The number of amidine groups is 1. The van der Waals surface area contributed by atoms with Gasteiger partial charge in [0.15, 0.2) is 5.84 Å². The zero-order valence-corrected chi connectivity index (χ0v) is 10.8. The highest BCUT2D eigenvalue weighted by molar-refractivity contribution is 6.02. The van der Waals surface area contributed by atoms with Crippen molar-refractivity contribution < 1.29 is 14.7 Å². The van der Waals surface area contributed by atoms with Crippen LogP contribution in [0.2, 0.25) is 0 Å². The lowest BCUT2D eigenvalue weighted by Gasteiger charge is -2.25. The van der Waals surface area contributed by atoms with Crippen LogP contribution in [-0.2, 0) is 9.53 Å². The van der Waals surface area contributed by atoms with Crippen molar-refractivity contribution >= 4 is 11.7 Å². The highest BCUT2D eigenvalue weighted by atomic mass is 16.5. The van der Waals surface area contributed by atoms with Gasteiger partial charge in [-0.05, 0) is 13.3 Å². The number of methoxy groups -OCH3 is 1. The number of nitrogens with two attached hydrogens (primary N) is 1. The standard InChI is InChI=1S/C11H23N3O3/c1-4-6-9(10(12)13-16)11(15)14(5-2)7-8-17-3/h9,16H,4-8H2,1-3H3,(H2,12,13). The molecular weight excluding hydrogens is 222 g/mol. The van der Waals surface area contributed by atoms with Crippen LogP contribution in [0, 0.1) is 5.92 Å². The second-order valence-electron chi connectivity index (χ2n) is 3.78. The van der Waals surface area contributed by atoms with Gasteiger partial charge in [-0.25, -0.2) is 0 Å². The molecule has 0 saturated heterocycles. The van der Waals surface area contributed by atoms with Crippen molar-refractivity contribution in [2.75, 3.05) is 26.8 Å². The van der Waals surface area contributed by atoms with Crippen LogP contribution in [-0.4, -0.2) is 48.7 Å². The van der Waals surface area contributed by atoms with E-state index >= 15 is 0 Å². The number of amides is 1. The summed E-state index contributed by atoms with van der Waals surface area (Å²) in [5.41, 5.74) is 5.55. The highest BCUT2D eigenvalue weighted by Gasteiger charge is 2.26. The van der Waals surface area contributed by atoms with Crippen molar-refractivity contribution in [3.8, 4) is 0 Å². The molecule has 0 aliphatic heterocycles. The summed E-state index contributed by atoms with van der Waals surface area (Å²) in [6.07, 6.45) is 1.38. The minimum Gasteiger partial charge on any atom is -0.409 e. The van der Waals surface area contributed by atoms with Gasteiger partial charge >= 0.3 is 0 Å². The lowest BCUT2D eigenvalue weighted by atomic mass is 10.0. The maximum Gasteiger partial charge on any atom is 0.233 e. The molecule has 1 atom stereocenters. The summed E-state index contributed by atoms with van der Waals surface area (Å²) in [5, 5.41) is 11.6. The van der Waals surface area contributed by atoms with Gasteiger partial charge < -0.3 is 20.6 Å². The Bertz CT molecular complexity index is 256. The van der Waals surface area contributed by atoms with Gasteiger partial charge in [0.1, 0.15) is 0 Å².